The molecule has 7 nitrogen and oxygen atoms in total. The van der Waals surface area contributed by atoms with Gasteiger partial charge in [-0.05, 0) is 48.2 Å². The van der Waals surface area contributed by atoms with Crippen LogP contribution in [0.15, 0.2) is 66.7 Å². The van der Waals surface area contributed by atoms with Gasteiger partial charge >= 0.3 is 6.09 Å². The molecule has 186 valence electrons. The van der Waals surface area contributed by atoms with Crippen LogP contribution in [0, 0.1) is 0 Å². The van der Waals surface area contributed by atoms with Crippen LogP contribution in [0.25, 0.3) is 22.2 Å². The van der Waals surface area contributed by atoms with Crippen molar-refractivity contribution >= 4 is 17.1 Å². The quantitative estimate of drug-likeness (QED) is 0.346. The number of rotatable bonds is 9. The highest BCUT2D eigenvalue weighted by Gasteiger charge is 2.29. The van der Waals surface area contributed by atoms with E-state index in [2.05, 4.69) is 70.8 Å². The highest BCUT2D eigenvalue weighted by molar-refractivity contribution is 5.79. The lowest BCUT2D eigenvalue weighted by atomic mass is 9.98. The third-order valence-electron chi connectivity index (χ3n) is 6.91. The maximum Gasteiger partial charge on any atom is 0.407 e. The van der Waals surface area contributed by atoms with Gasteiger partial charge in [-0.1, -0.05) is 48.5 Å². The third-order valence-corrected chi connectivity index (χ3v) is 6.91. The molecule has 3 N–H and O–H groups in total. The van der Waals surface area contributed by atoms with E-state index in [-0.39, 0.29) is 5.92 Å². The second kappa shape index (κ2) is 10.4. The van der Waals surface area contributed by atoms with Crippen molar-refractivity contribution in [3.63, 3.8) is 0 Å². The van der Waals surface area contributed by atoms with E-state index in [0.717, 1.165) is 35.7 Å². The molecule has 7 heteroatoms. The molecular formula is C29H33N4O3+. The van der Waals surface area contributed by atoms with E-state index in [4.69, 9.17) is 15.2 Å². The summed E-state index contributed by atoms with van der Waals surface area (Å²) in [5.74, 6) is 1.84. The molecule has 0 aliphatic heterocycles. The number of hydrogen-bond acceptors (Lipinski definition) is 4. The Hall–Kier alpha value is -3.84. The lowest BCUT2D eigenvalue weighted by molar-refractivity contribution is -0.676. The highest BCUT2D eigenvalue weighted by atomic mass is 16.5. The maximum absolute atomic E-state index is 12.8. The van der Waals surface area contributed by atoms with Crippen molar-refractivity contribution in [2.24, 2.45) is 5.73 Å². The van der Waals surface area contributed by atoms with Crippen molar-refractivity contribution < 1.29 is 18.8 Å². The lowest BCUT2D eigenvalue weighted by Gasteiger charge is -2.14. The standard InChI is InChI=1S/C29H32N4O3/c1-3-32-26-14-13-20(35-16-15-30)17-27(26)33(4-2)28(32)18-31-29(34)36-19-25-23-11-7-5-9-21(23)22-10-6-8-12-24(22)25/h5-14,17,25H,3-4,15-16,18-19,30H2,1-2H3/p+1. The first-order chi connectivity index (χ1) is 17.7. The van der Waals surface area contributed by atoms with Crippen molar-refractivity contribution in [1.82, 2.24) is 9.88 Å². The number of imidazole rings is 1. The Morgan fingerprint density at radius 1 is 1.03 bits per heavy atom. The van der Waals surface area contributed by atoms with Crippen LogP contribution in [-0.2, 0) is 24.4 Å². The minimum atomic E-state index is -0.417. The van der Waals surface area contributed by atoms with Crippen molar-refractivity contribution in [3.05, 3.63) is 83.7 Å². The second-order valence-corrected chi connectivity index (χ2v) is 8.87. The van der Waals surface area contributed by atoms with Gasteiger partial charge in [-0.2, -0.15) is 0 Å². The molecule has 3 aromatic carbocycles. The number of nitrogens with one attached hydrogen (secondary N) is 1. The van der Waals surface area contributed by atoms with E-state index in [1.165, 1.54) is 22.3 Å². The lowest BCUT2D eigenvalue weighted by Crippen LogP contribution is -2.40. The van der Waals surface area contributed by atoms with E-state index in [1.54, 1.807) is 0 Å². The largest absolute Gasteiger partial charge is 0.492 e. The van der Waals surface area contributed by atoms with Crippen molar-refractivity contribution in [2.75, 3.05) is 19.8 Å². The van der Waals surface area contributed by atoms with Gasteiger partial charge in [0.05, 0.1) is 13.1 Å². The molecule has 0 saturated heterocycles. The van der Waals surface area contributed by atoms with E-state index < -0.39 is 6.09 Å². The fraction of sp³-hybridized carbons (Fsp3) is 0.310. The van der Waals surface area contributed by atoms with Crippen LogP contribution in [0.5, 0.6) is 5.75 Å². The van der Waals surface area contributed by atoms with Gasteiger partial charge in [-0.25, -0.2) is 13.9 Å². The summed E-state index contributed by atoms with van der Waals surface area (Å²) in [6.45, 7) is 7.37. The molecule has 0 radical (unpaired) electrons. The molecule has 1 heterocycles. The third kappa shape index (κ3) is 4.31. The predicted octanol–water partition coefficient (Wildman–Crippen LogP) is 4.34. The van der Waals surface area contributed by atoms with Crippen LogP contribution in [-0.4, -0.2) is 30.4 Å². The van der Waals surface area contributed by atoms with Gasteiger partial charge in [-0.15, -0.1) is 0 Å². The van der Waals surface area contributed by atoms with Crippen molar-refractivity contribution in [2.45, 2.75) is 39.4 Å². The number of alkyl carbamates (subject to hydrolysis) is 1. The highest BCUT2D eigenvalue weighted by Crippen LogP contribution is 2.44. The number of aryl methyl sites for hydroxylation is 2. The summed E-state index contributed by atoms with van der Waals surface area (Å²) in [6, 6.07) is 22.8. The van der Waals surface area contributed by atoms with Gasteiger partial charge < -0.3 is 20.5 Å². The molecule has 1 amide bonds. The van der Waals surface area contributed by atoms with Gasteiger partial charge in [0.1, 0.15) is 25.5 Å². The zero-order valence-corrected chi connectivity index (χ0v) is 20.9. The molecule has 0 unspecified atom stereocenters. The molecule has 0 bridgehead atoms. The summed E-state index contributed by atoms with van der Waals surface area (Å²) in [4.78, 5) is 12.8. The number of aromatic nitrogens is 2. The Bertz CT molecular complexity index is 1350. The molecule has 4 aromatic rings. The second-order valence-electron chi connectivity index (χ2n) is 8.87. The van der Waals surface area contributed by atoms with Crippen LogP contribution in [0.2, 0.25) is 0 Å². The minimum Gasteiger partial charge on any atom is -0.492 e. The van der Waals surface area contributed by atoms with E-state index in [1.807, 2.05) is 24.3 Å². The molecule has 0 spiro atoms. The average Bonchev–Trinajstić information content (AvgIpc) is 3.40. The summed E-state index contributed by atoms with van der Waals surface area (Å²) in [6.07, 6.45) is -0.417. The molecule has 0 fully saturated rings. The average molecular weight is 486 g/mol. The number of nitrogens with two attached hydrogens (primary N) is 1. The summed E-state index contributed by atoms with van der Waals surface area (Å²) < 4.78 is 15.9. The van der Waals surface area contributed by atoms with Crippen LogP contribution >= 0.6 is 0 Å². The summed E-state index contributed by atoms with van der Waals surface area (Å²) in [5, 5.41) is 2.98. The van der Waals surface area contributed by atoms with Gasteiger partial charge in [-0.3, -0.25) is 0 Å². The van der Waals surface area contributed by atoms with Gasteiger partial charge in [0.25, 0.3) is 5.82 Å². The maximum atomic E-state index is 12.8. The SMILES string of the molecule is CCn1c(CNC(=O)OCC2c3ccccc3-c3ccccc32)[n+](CC)c2ccc(OCCN)cc21. The Morgan fingerprint density at radius 3 is 2.36 bits per heavy atom. The van der Waals surface area contributed by atoms with Gasteiger partial charge in [0, 0.05) is 18.5 Å². The molecule has 1 aliphatic carbocycles. The monoisotopic (exact) mass is 485 g/mol. The van der Waals surface area contributed by atoms with Crippen molar-refractivity contribution in [1.29, 1.82) is 0 Å². The first kappa shape index (κ1) is 23.9. The number of fused-ring (bicyclic) bond motifs is 4. The molecule has 5 rings (SSSR count). The van der Waals surface area contributed by atoms with Crippen LogP contribution in [0.1, 0.15) is 36.7 Å². The molecule has 1 aliphatic rings. The fourth-order valence-electron chi connectivity index (χ4n) is 5.34. The van der Waals surface area contributed by atoms with Gasteiger partial charge in [0.15, 0.2) is 11.0 Å². The van der Waals surface area contributed by atoms with Crippen LogP contribution in [0.3, 0.4) is 0 Å². The fourth-order valence-corrected chi connectivity index (χ4v) is 5.34. The number of carbonyl (C=O) groups is 1. The van der Waals surface area contributed by atoms with Crippen molar-refractivity contribution in [3.8, 4) is 16.9 Å². The first-order valence-electron chi connectivity index (χ1n) is 12.6. The molecule has 0 saturated carbocycles. The predicted molar refractivity (Wildman–Crippen MR) is 140 cm³/mol. The molecule has 1 aromatic heterocycles. The summed E-state index contributed by atoms with van der Waals surface area (Å²) >= 11 is 0. The number of hydrogen-bond donors (Lipinski definition) is 2. The molecular weight excluding hydrogens is 452 g/mol. The number of amides is 1. The molecule has 0 atom stereocenters. The topological polar surface area (TPSA) is 82.4 Å². The minimum absolute atomic E-state index is 0.0396. The van der Waals surface area contributed by atoms with Crippen LogP contribution in [0.4, 0.5) is 4.79 Å². The summed E-state index contributed by atoms with van der Waals surface area (Å²) in [5.41, 5.74) is 12.6. The Balaban J connectivity index is 1.31. The Kier molecular flexibility index (Phi) is 6.91. The van der Waals surface area contributed by atoms with E-state index >= 15 is 0 Å². The zero-order chi connectivity index (χ0) is 25.1. The number of benzene rings is 3. The number of ether oxygens (including phenoxy) is 2. The normalized spacial score (nSPS) is 12.4. The number of carbonyl (C=O) groups excluding carboxylic acids is 1. The first-order valence-corrected chi connectivity index (χ1v) is 12.6. The number of nitrogens with zero attached hydrogens (tertiary/aromatic N) is 2. The zero-order valence-electron chi connectivity index (χ0n) is 20.9. The van der Waals surface area contributed by atoms with E-state index in [9.17, 15) is 4.79 Å². The van der Waals surface area contributed by atoms with Crippen LogP contribution < -0.4 is 20.4 Å². The Labute approximate surface area is 211 Å². The smallest absolute Gasteiger partial charge is 0.407 e. The van der Waals surface area contributed by atoms with Gasteiger partial charge in [0.2, 0.25) is 0 Å². The Morgan fingerprint density at radius 2 is 1.72 bits per heavy atom. The summed E-state index contributed by atoms with van der Waals surface area (Å²) in [7, 11) is 0. The van der Waals surface area contributed by atoms with E-state index in [0.29, 0.717) is 26.3 Å². The molecule has 36 heavy (non-hydrogen) atoms.